The van der Waals surface area contributed by atoms with E-state index in [1.807, 2.05) is 48.5 Å². The molecule has 0 unspecified atom stereocenters. The highest BCUT2D eigenvalue weighted by atomic mass is 16.3. The zero-order valence-corrected chi connectivity index (χ0v) is 23.1. The maximum Gasteiger partial charge on any atom is 0.115 e. The number of benzene rings is 4. The topological polar surface area (TPSA) is 80.9 Å². The first kappa shape index (κ1) is 27.6. The van der Waals surface area contributed by atoms with Crippen molar-refractivity contribution in [3.8, 4) is 23.0 Å². The second-order valence-corrected chi connectivity index (χ2v) is 11.3. The molecule has 1 aliphatic carbocycles. The first-order chi connectivity index (χ1) is 19.5. The highest BCUT2D eigenvalue weighted by Crippen LogP contribution is 2.58. The molecule has 4 heteroatoms. The minimum Gasteiger partial charge on any atom is -0.508 e. The fourth-order valence-corrected chi connectivity index (χ4v) is 7.15. The Kier molecular flexibility index (Phi) is 8.35. The molecule has 1 aliphatic rings. The van der Waals surface area contributed by atoms with Crippen LogP contribution < -0.4 is 0 Å². The first-order valence-electron chi connectivity index (χ1n) is 14.6. The van der Waals surface area contributed by atoms with Crippen molar-refractivity contribution >= 4 is 0 Å². The molecule has 1 saturated carbocycles. The average molecular weight is 537 g/mol. The largest absolute Gasteiger partial charge is 0.508 e. The van der Waals surface area contributed by atoms with Crippen LogP contribution in [0.1, 0.15) is 86.5 Å². The van der Waals surface area contributed by atoms with Crippen molar-refractivity contribution in [2.24, 2.45) is 0 Å². The molecule has 0 atom stereocenters. The van der Waals surface area contributed by atoms with E-state index in [9.17, 15) is 20.4 Å². The number of rotatable bonds is 4. The molecule has 0 amide bonds. The van der Waals surface area contributed by atoms with Crippen LogP contribution in [0.5, 0.6) is 23.0 Å². The summed E-state index contributed by atoms with van der Waals surface area (Å²) in [5, 5.41) is 41.3. The molecule has 5 rings (SSSR count). The Bertz CT molecular complexity index is 1160. The molecule has 1 fully saturated rings. The summed E-state index contributed by atoms with van der Waals surface area (Å²) in [5.74, 6) is 0.880. The number of aromatic hydroxyl groups is 4. The molecule has 4 aromatic carbocycles. The number of phenols is 4. The van der Waals surface area contributed by atoms with E-state index in [2.05, 4.69) is 0 Å². The van der Waals surface area contributed by atoms with Gasteiger partial charge in [0.1, 0.15) is 23.0 Å². The van der Waals surface area contributed by atoms with Crippen LogP contribution in [0, 0.1) is 0 Å². The van der Waals surface area contributed by atoms with Gasteiger partial charge in [-0.05, 0) is 83.6 Å². The van der Waals surface area contributed by atoms with E-state index >= 15 is 0 Å². The third kappa shape index (κ3) is 5.28. The van der Waals surface area contributed by atoms with Crippen LogP contribution in [-0.2, 0) is 10.8 Å². The van der Waals surface area contributed by atoms with Crippen LogP contribution >= 0.6 is 0 Å². The molecule has 4 N–H and O–H groups in total. The zero-order valence-electron chi connectivity index (χ0n) is 23.1. The Labute approximate surface area is 237 Å². The Morgan fingerprint density at radius 2 is 0.500 bits per heavy atom. The maximum absolute atomic E-state index is 10.3. The van der Waals surface area contributed by atoms with Crippen LogP contribution in [0.2, 0.25) is 0 Å². The molecule has 208 valence electrons. The summed E-state index contributed by atoms with van der Waals surface area (Å²) in [4.78, 5) is 0. The molecular formula is C36H40O4. The van der Waals surface area contributed by atoms with Crippen LogP contribution in [0.3, 0.4) is 0 Å². The Balaban J connectivity index is 1.91. The Morgan fingerprint density at radius 1 is 0.300 bits per heavy atom. The summed E-state index contributed by atoms with van der Waals surface area (Å²) in [5.41, 5.74) is 3.20. The van der Waals surface area contributed by atoms with Gasteiger partial charge in [-0.15, -0.1) is 0 Å². The molecule has 4 aromatic rings. The SMILES string of the molecule is Oc1ccc(C2(c3ccc(O)cc3)CCCCCCCCCCC2(c2ccc(O)cc2)c2ccc(O)cc2)cc1. The van der Waals surface area contributed by atoms with E-state index in [0.29, 0.717) is 0 Å². The van der Waals surface area contributed by atoms with Gasteiger partial charge in [-0.25, -0.2) is 0 Å². The predicted molar refractivity (Wildman–Crippen MR) is 160 cm³/mol. The van der Waals surface area contributed by atoms with E-state index < -0.39 is 10.8 Å². The fourth-order valence-electron chi connectivity index (χ4n) is 7.15. The Hall–Kier alpha value is -3.92. The second-order valence-electron chi connectivity index (χ2n) is 11.3. The van der Waals surface area contributed by atoms with Crippen LogP contribution in [0.4, 0.5) is 0 Å². The van der Waals surface area contributed by atoms with Crippen molar-refractivity contribution in [3.05, 3.63) is 119 Å². The van der Waals surface area contributed by atoms with Crippen molar-refractivity contribution in [3.63, 3.8) is 0 Å². The molecule has 0 spiro atoms. The van der Waals surface area contributed by atoms with E-state index in [1.165, 1.54) is 25.7 Å². The van der Waals surface area contributed by atoms with Gasteiger partial charge in [0.05, 0.1) is 0 Å². The van der Waals surface area contributed by atoms with Gasteiger partial charge < -0.3 is 20.4 Å². The number of hydrogen-bond donors (Lipinski definition) is 4. The smallest absolute Gasteiger partial charge is 0.115 e. The minimum atomic E-state index is -0.582. The molecule has 0 saturated heterocycles. The summed E-state index contributed by atoms with van der Waals surface area (Å²) < 4.78 is 0. The lowest BCUT2D eigenvalue weighted by molar-refractivity contribution is 0.249. The zero-order chi connectivity index (χ0) is 28.0. The quantitative estimate of drug-likeness (QED) is 0.210. The highest BCUT2D eigenvalue weighted by molar-refractivity contribution is 5.57. The van der Waals surface area contributed by atoms with E-state index in [-0.39, 0.29) is 23.0 Å². The van der Waals surface area contributed by atoms with Gasteiger partial charge in [-0.1, -0.05) is 99.9 Å². The van der Waals surface area contributed by atoms with Gasteiger partial charge in [0.25, 0.3) is 0 Å². The maximum atomic E-state index is 10.3. The van der Waals surface area contributed by atoms with E-state index in [1.54, 1.807) is 48.5 Å². The summed E-state index contributed by atoms with van der Waals surface area (Å²) in [6, 6.07) is 30.5. The normalized spacial score (nSPS) is 17.8. The number of phenolic OH excluding ortho intramolecular Hbond substituents is 4. The van der Waals surface area contributed by atoms with Gasteiger partial charge in [-0.3, -0.25) is 0 Å². The molecule has 0 aliphatic heterocycles. The molecule has 0 radical (unpaired) electrons. The predicted octanol–water partition coefficient (Wildman–Crippen LogP) is 8.70. The van der Waals surface area contributed by atoms with Crippen molar-refractivity contribution in [2.45, 2.75) is 75.0 Å². The summed E-state index contributed by atoms with van der Waals surface area (Å²) in [7, 11) is 0. The molecule has 4 nitrogen and oxygen atoms in total. The van der Waals surface area contributed by atoms with Gasteiger partial charge >= 0.3 is 0 Å². The molecular weight excluding hydrogens is 496 g/mol. The Morgan fingerprint density at radius 3 is 0.725 bits per heavy atom. The monoisotopic (exact) mass is 536 g/mol. The van der Waals surface area contributed by atoms with Gasteiger partial charge in [0, 0.05) is 10.8 Å². The lowest BCUT2D eigenvalue weighted by atomic mass is 9.48. The van der Waals surface area contributed by atoms with Gasteiger partial charge in [0.2, 0.25) is 0 Å². The molecule has 0 aromatic heterocycles. The second kappa shape index (κ2) is 12.1. The average Bonchev–Trinajstić information content (AvgIpc) is 2.96. The lowest BCUT2D eigenvalue weighted by Crippen LogP contribution is -2.51. The first-order valence-corrected chi connectivity index (χ1v) is 14.6. The summed E-state index contributed by atoms with van der Waals surface area (Å²) in [6.45, 7) is 0. The van der Waals surface area contributed by atoms with E-state index in [4.69, 9.17) is 0 Å². The molecule has 0 bridgehead atoms. The molecule has 0 heterocycles. The summed E-state index contributed by atoms with van der Waals surface area (Å²) in [6.07, 6.45) is 10.9. The van der Waals surface area contributed by atoms with Crippen molar-refractivity contribution in [1.29, 1.82) is 0 Å². The number of hydrogen-bond acceptors (Lipinski definition) is 4. The van der Waals surface area contributed by atoms with Gasteiger partial charge in [-0.2, -0.15) is 0 Å². The van der Waals surface area contributed by atoms with E-state index in [0.717, 1.165) is 60.8 Å². The van der Waals surface area contributed by atoms with Crippen molar-refractivity contribution < 1.29 is 20.4 Å². The van der Waals surface area contributed by atoms with Crippen LogP contribution in [-0.4, -0.2) is 20.4 Å². The van der Waals surface area contributed by atoms with Crippen molar-refractivity contribution in [2.75, 3.05) is 0 Å². The third-order valence-corrected chi connectivity index (χ3v) is 9.02. The highest BCUT2D eigenvalue weighted by Gasteiger charge is 2.54. The fraction of sp³-hybridized carbons (Fsp3) is 0.333. The van der Waals surface area contributed by atoms with Gasteiger partial charge in [0.15, 0.2) is 0 Å². The minimum absolute atomic E-state index is 0.220. The summed E-state index contributed by atoms with van der Waals surface area (Å²) >= 11 is 0. The lowest BCUT2D eigenvalue weighted by Gasteiger charge is -2.53. The van der Waals surface area contributed by atoms with Crippen molar-refractivity contribution in [1.82, 2.24) is 0 Å². The third-order valence-electron chi connectivity index (χ3n) is 9.02. The van der Waals surface area contributed by atoms with Crippen LogP contribution in [0.15, 0.2) is 97.1 Å². The van der Waals surface area contributed by atoms with Crippen LogP contribution in [0.25, 0.3) is 0 Å². The standard InChI is InChI=1S/C36H40O4/c37-31-17-9-27(10-18-31)35(28-11-19-32(38)20-12-28)25-7-5-3-1-2-4-6-8-26-36(35,29-13-21-33(39)22-14-29)30-15-23-34(40)24-16-30/h9-24,37-40H,1-8,25-26H2. The molecule has 40 heavy (non-hydrogen) atoms.